The highest BCUT2D eigenvalue weighted by molar-refractivity contribution is 6.08. The third-order valence-electron chi connectivity index (χ3n) is 4.56. The maximum absolute atomic E-state index is 12.9. The summed E-state index contributed by atoms with van der Waals surface area (Å²) in [5.74, 6) is -0.104. The van der Waals surface area contributed by atoms with Crippen LogP contribution in [0, 0.1) is 6.92 Å². The molecule has 1 aromatic heterocycles. The minimum Gasteiger partial charge on any atom is -0.506 e. The lowest BCUT2D eigenvalue weighted by Crippen LogP contribution is -2.45. The van der Waals surface area contributed by atoms with Crippen molar-refractivity contribution in [2.45, 2.75) is 25.8 Å². The van der Waals surface area contributed by atoms with Crippen LogP contribution in [-0.4, -0.2) is 35.1 Å². The molecule has 0 spiro atoms. The second-order valence-corrected chi connectivity index (χ2v) is 6.26. The van der Waals surface area contributed by atoms with Crippen molar-refractivity contribution in [2.75, 3.05) is 22.9 Å². The Morgan fingerprint density at radius 1 is 1.26 bits per heavy atom. The zero-order chi connectivity index (χ0) is 16.0. The SMILES string of the molecule is Cc1cccc2c1N(C1CC1)CCN2C(=O)c1cncc(O)c1. The molecule has 1 saturated carbocycles. The van der Waals surface area contributed by atoms with E-state index in [9.17, 15) is 9.90 Å². The first-order valence-electron chi connectivity index (χ1n) is 7.97. The number of amides is 1. The van der Waals surface area contributed by atoms with Crippen LogP contribution in [0.1, 0.15) is 28.8 Å². The first-order chi connectivity index (χ1) is 11.1. The third kappa shape index (κ3) is 2.42. The molecule has 118 valence electrons. The molecule has 5 nitrogen and oxygen atoms in total. The number of para-hydroxylation sites is 1. The normalized spacial score (nSPS) is 17.1. The average Bonchev–Trinajstić information content (AvgIpc) is 3.38. The predicted molar refractivity (Wildman–Crippen MR) is 89.1 cm³/mol. The van der Waals surface area contributed by atoms with Crippen LogP contribution in [0.2, 0.25) is 0 Å². The summed E-state index contributed by atoms with van der Waals surface area (Å²) < 4.78 is 0. The molecule has 1 aliphatic heterocycles. The Morgan fingerprint density at radius 3 is 2.83 bits per heavy atom. The molecule has 0 radical (unpaired) electrons. The summed E-state index contributed by atoms with van der Waals surface area (Å²) >= 11 is 0. The number of anilines is 2. The van der Waals surface area contributed by atoms with E-state index in [1.807, 2.05) is 12.1 Å². The molecule has 1 aliphatic carbocycles. The van der Waals surface area contributed by atoms with Crippen molar-refractivity contribution < 1.29 is 9.90 Å². The van der Waals surface area contributed by atoms with Gasteiger partial charge in [-0.2, -0.15) is 0 Å². The summed E-state index contributed by atoms with van der Waals surface area (Å²) in [5, 5.41) is 9.58. The van der Waals surface area contributed by atoms with Crippen LogP contribution in [0.15, 0.2) is 36.7 Å². The molecule has 0 saturated heterocycles. The molecular weight excluding hydrogens is 290 g/mol. The second kappa shape index (κ2) is 5.26. The number of pyridine rings is 1. The van der Waals surface area contributed by atoms with Crippen molar-refractivity contribution in [3.63, 3.8) is 0 Å². The first kappa shape index (κ1) is 14.1. The standard InChI is InChI=1S/C18H19N3O2/c1-12-3-2-4-16-17(12)20(14-5-6-14)7-8-21(16)18(23)13-9-15(22)11-19-10-13/h2-4,9-11,14,22H,5-8H2,1H3. The van der Waals surface area contributed by atoms with Gasteiger partial charge in [-0.3, -0.25) is 9.78 Å². The van der Waals surface area contributed by atoms with Crippen LogP contribution >= 0.6 is 0 Å². The van der Waals surface area contributed by atoms with Gasteiger partial charge >= 0.3 is 0 Å². The lowest BCUT2D eigenvalue weighted by atomic mass is 10.1. The van der Waals surface area contributed by atoms with E-state index in [4.69, 9.17) is 0 Å². The third-order valence-corrected chi connectivity index (χ3v) is 4.56. The summed E-state index contributed by atoms with van der Waals surface area (Å²) in [5.41, 5.74) is 3.73. The molecule has 2 aliphatic rings. The minimum atomic E-state index is -0.115. The van der Waals surface area contributed by atoms with Crippen molar-refractivity contribution in [1.29, 1.82) is 0 Å². The number of hydrogen-bond donors (Lipinski definition) is 1. The van der Waals surface area contributed by atoms with Gasteiger partial charge < -0.3 is 14.9 Å². The Labute approximate surface area is 135 Å². The monoisotopic (exact) mass is 309 g/mol. The van der Waals surface area contributed by atoms with Crippen LogP contribution in [0.5, 0.6) is 5.75 Å². The number of aromatic hydroxyl groups is 1. The van der Waals surface area contributed by atoms with E-state index in [1.54, 1.807) is 4.90 Å². The van der Waals surface area contributed by atoms with Gasteiger partial charge in [0.15, 0.2) is 0 Å². The van der Waals surface area contributed by atoms with Gasteiger partial charge in [0.25, 0.3) is 5.91 Å². The quantitative estimate of drug-likeness (QED) is 0.927. The number of aromatic nitrogens is 1. The Balaban J connectivity index is 1.74. The maximum Gasteiger partial charge on any atom is 0.260 e. The lowest BCUT2D eigenvalue weighted by molar-refractivity contribution is 0.0986. The van der Waals surface area contributed by atoms with E-state index in [1.165, 1.54) is 42.6 Å². The fourth-order valence-corrected chi connectivity index (χ4v) is 3.34. The van der Waals surface area contributed by atoms with Gasteiger partial charge in [0.1, 0.15) is 5.75 Å². The number of nitrogens with zero attached hydrogens (tertiary/aromatic N) is 3. The average molecular weight is 309 g/mol. The molecule has 2 aromatic rings. The summed E-state index contributed by atoms with van der Waals surface area (Å²) in [7, 11) is 0. The summed E-state index contributed by atoms with van der Waals surface area (Å²) in [4.78, 5) is 21.0. The van der Waals surface area contributed by atoms with Gasteiger partial charge in [0.05, 0.1) is 23.1 Å². The topological polar surface area (TPSA) is 56.7 Å². The van der Waals surface area contributed by atoms with Gasteiger partial charge in [0, 0.05) is 25.3 Å². The van der Waals surface area contributed by atoms with E-state index in [0.29, 0.717) is 18.2 Å². The molecule has 1 N–H and O–H groups in total. The number of hydrogen-bond acceptors (Lipinski definition) is 4. The Hall–Kier alpha value is -2.56. The molecule has 2 heterocycles. The van der Waals surface area contributed by atoms with Crippen LogP contribution in [0.3, 0.4) is 0 Å². The number of rotatable bonds is 2. The predicted octanol–water partition coefficient (Wildman–Crippen LogP) is 2.72. The summed E-state index contributed by atoms with van der Waals surface area (Å²) in [6, 6.07) is 8.18. The Bertz CT molecular complexity index is 771. The van der Waals surface area contributed by atoms with Gasteiger partial charge in [-0.15, -0.1) is 0 Å². The van der Waals surface area contributed by atoms with Crippen LogP contribution in [0.25, 0.3) is 0 Å². The highest BCUT2D eigenvalue weighted by Gasteiger charge is 2.36. The van der Waals surface area contributed by atoms with Crippen molar-refractivity contribution in [2.24, 2.45) is 0 Å². The van der Waals surface area contributed by atoms with Gasteiger partial charge in [0.2, 0.25) is 0 Å². The van der Waals surface area contributed by atoms with Crippen LogP contribution in [-0.2, 0) is 0 Å². The van der Waals surface area contributed by atoms with Crippen molar-refractivity contribution in [1.82, 2.24) is 4.98 Å². The fourth-order valence-electron chi connectivity index (χ4n) is 3.34. The Morgan fingerprint density at radius 2 is 2.09 bits per heavy atom. The molecule has 1 fully saturated rings. The number of aryl methyl sites for hydroxylation is 1. The van der Waals surface area contributed by atoms with Gasteiger partial charge in [-0.1, -0.05) is 12.1 Å². The number of benzene rings is 1. The van der Waals surface area contributed by atoms with E-state index >= 15 is 0 Å². The molecule has 0 bridgehead atoms. The second-order valence-electron chi connectivity index (χ2n) is 6.26. The largest absolute Gasteiger partial charge is 0.506 e. The molecule has 1 amide bonds. The van der Waals surface area contributed by atoms with Crippen molar-refractivity contribution >= 4 is 17.3 Å². The molecular formula is C18H19N3O2. The molecule has 1 aromatic carbocycles. The van der Waals surface area contributed by atoms with E-state index in [0.717, 1.165) is 12.2 Å². The number of carbonyl (C=O) groups excluding carboxylic acids is 1. The van der Waals surface area contributed by atoms with Crippen molar-refractivity contribution in [3.8, 4) is 5.75 Å². The van der Waals surface area contributed by atoms with E-state index in [-0.39, 0.29) is 11.7 Å². The molecule has 4 rings (SSSR count). The highest BCUT2D eigenvalue weighted by atomic mass is 16.3. The number of fused-ring (bicyclic) bond motifs is 1. The van der Waals surface area contributed by atoms with Crippen LogP contribution in [0.4, 0.5) is 11.4 Å². The molecule has 5 heteroatoms. The van der Waals surface area contributed by atoms with E-state index < -0.39 is 0 Å². The molecule has 23 heavy (non-hydrogen) atoms. The smallest absolute Gasteiger partial charge is 0.260 e. The zero-order valence-electron chi connectivity index (χ0n) is 13.1. The van der Waals surface area contributed by atoms with E-state index in [2.05, 4.69) is 22.9 Å². The highest BCUT2D eigenvalue weighted by Crippen LogP contribution is 2.42. The Kier molecular flexibility index (Phi) is 3.22. The number of carbonyl (C=O) groups is 1. The van der Waals surface area contributed by atoms with Gasteiger partial charge in [-0.05, 0) is 37.5 Å². The maximum atomic E-state index is 12.9. The molecule has 0 unspecified atom stereocenters. The summed E-state index contributed by atoms with van der Waals surface area (Å²) in [6.07, 6.45) is 5.31. The van der Waals surface area contributed by atoms with Gasteiger partial charge in [-0.25, -0.2) is 0 Å². The zero-order valence-corrected chi connectivity index (χ0v) is 13.1. The lowest BCUT2D eigenvalue weighted by Gasteiger charge is -2.39. The van der Waals surface area contributed by atoms with Crippen LogP contribution < -0.4 is 9.80 Å². The fraction of sp³-hybridized carbons (Fsp3) is 0.333. The molecule has 0 atom stereocenters. The van der Waals surface area contributed by atoms with Crippen molar-refractivity contribution in [3.05, 3.63) is 47.8 Å². The first-order valence-corrected chi connectivity index (χ1v) is 7.97. The summed E-state index contributed by atoms with van der Waals surface area (Å²) in [6.45, 7) is 3.60. The minimum absolute atomic E-state index is 0.0110.